The zero-order chi connectivity index (χ0) is 16.4. The van der Waals surface area contributed by atoms with Gasteiger partial charge in [0.1, 0.15) is 5.82 Å². The molecule has 1 aliphatic heterocycles. The number of nitrogens with one attached hydrogen (secondary N) is 1. The van der Waals surface area contributed by atoms with Gasteiger partial charge in [-0.1, -0.05) is 0 Å². The molecule has 1 aromatic carbocycles. The molecule has 22 heavy (non-hydrogen) atoms. The number of hydrogen-bond acceptors (Lipinski definition) is 4. The van der Waals surface area contributed by atoms with E-state index in [1.807, 2.05) is 0 Å². The first-order chi connectivity index (χ1) is 10.2. The molecule has 0 aliphatic carbocycles. The maximum absolute atomic E-state index is 13.2. The summed E-state index contributed by atoms with van der Waals surface area (Å²) in [6, 6.07) is 3.44. The molecule has 0 atom stereocenters. The highest BCUT2D eigenvalue weighted by Crippen LogP contribution is 2.15. The molecular formula is C13H19FN2O4S2. The first-order valence-corrected chi connectivity index (χ1v) is 10.1. The third-order valence-electron chi connectivity index (χ3n) is 3.55. The van der Waals surface area contributed by atoms with Crippen molar-refractivity contribution >= 4 is 20.0 Å². The van der Waals surface area contributed by atoms with Gasteiger partial charge in [-0.05, 0) is 43.5 Å². The van der Waals surface area contributed by atoms with Crippen molar-refractivity contribution in [1.82, 2.24) is 9.03 Å². The number of rotatable bonds is 6. The van der Waals surface area contributed by atoms with Crippen molar-refractivity contribution in [2.75, 3.05) is 25.4 Å². The van der Waals surface area contributed by atoms with Gasteiger partial charge in [0.05, 0.1) is 10.6 Å². The van der Waals surface area contributed by atoms with E-state index in [1.165, 1.54) is 17.3 Å². The van der Waals surface area contributed by atoms with Crippen molar-refractivity contribution < 1.29 is 21.2 Å². The minimum absolute atomic E-state index is 0.0787. The summed E-state index contributed by atoms with van der Waals surface area (Å²) >= 11 is 0. The molecule has 1 aromatic rings. The topological polar surface area (TPSA) is 83.5 Å². The van der Waals surface area contributed by atoms with E-state index in [4.69, 9.17) is 0 Å². The van der Waals surface area contributed by atoms with Crippen molar-refractivity contribution in [3.8, 4) is 0 Å². The third-order valence-corrected chi connectivity index (χ3v) is 6.88. The average molecular weight is 350 g/mol. The molecule has 0 saturated carbocycles. The first kappa shape index (κ1) is 17.3. The Kier molecular flexibility index (Phi) is 5.21. The molecular weight excluding hydrogens is 331 g/mol. The van der Waals surface area contributed by atoms with Crippen molar-refractivity contribution in [3.05, 3.63) is 29.6 Å². The molecule has 1 N–H and O–H groups in total. The molecule has 0 spiro atoms. The highest BCUT2D eigenvalue weighted by atomic mass is 32.2. The van der Waals surface area contributed by atoms with Crippen LogP contribution in [-0.4, -0.2) is 46.5 Å². The van der Waals surface area contributed by atoms with Crippen molar-refractivity contribution in [3.63, 3.8) is 0 Å². The molecule has 124 valence electrons. The second-order valence-corrected chi connectivity index (χ2v) is 9.09. The maximum atomic E-state index is 13.2. The summed E-state index contributed by atoms with van der Waals surface area (Å²) in [6.07, 6.45) is 1.67. The zero-order valence-corrected chi connectivity index (χ0v) is 13.9. The molecule has 1 saturated heterocycles. The van der Waals surface area contributed by atoms with Crippen LogP contribution in [-0.2, 0) is 20.0 Å². The van der Waals surface area contributed by atoms with Gasteiger partial charge in [0.2, 0.25) is 20.0 Å². The van der Waals surface area contributed by atoms with Gasteiger partial charge in [-0.2, -0.15) is 0 Å². The lowest BCUT2D eigenvalue weighted by Crippen LogP contribution is -2.36. The van der Waals surface area contributed by atoms with Crippen LogP contribution in [0, 0.1) is 12.7 Å². The van der Waals surface area contributed by atoms with Crippen LogP contribution >= 0.6 is 0 Å². The SMILES string of the molecule is Cc1cc(S(=O)(=O)NCCS(=O)(=O)N2CCCC2)ccc1F. The predicted octanol–water partition coefficient (Wildman–Crippen LogP) is 0.838. The minimum Gasteiger partial charge on any atom is -0.212 e. The van der Waals surface area contributed by atoms with E-state index in [9.17, 15) is 21.2 Å². The summed E-state index contributed by atoms with van der Waals surface area (Å²) in [7, 11) is -7.28. The first-order valence-electron chi connectivity index (χ1n) is 6.96. The lowest BCUT2D eigenvalue weighted by Gasteiger charge is -2.15. The van der Waals surface area contributed by atoms with Crippen LogP contribution in [0.4, 0.5) is 4.39 Å². The molecule has 0 amide bonds. The van der Waals surface area contributed by atoms with Crippen LogP contribution in [0.5, 0.6) is 0 Å². The van der Waals surface area contributed by atoms with Crippen LogP contribution in [0.3, 0.4) is 0 Å². The average Bonchev–Trinajstić information content (AvgIpc) is 2.96. The van der Waals surface area contributed by atoms with Crippen LogP contribution in [0.2, 0.25) is 0 Å². The van der Waals surface area contributed by atoms with Crippen LogP contribution in [0.25, 0.3) is 0 Å². The lowest BCUT2D eigenvalue weighted by molar-refractivity contribution is 0.477. The number of halogens is 1. The van der Waals surface area contributed by atoms with E-state index in [0.717, 1.165) is 25.0 Å². The van der Waals surface area contributed by atoms with E-state index in [2.05, 4.69) is 4.72 Å². The summed E-state index contributed by atoms with van der Waals surface area (Å²) in [5, 5.41) is 0. The monoisotopic (exact) mass is 350 g/mol. The molecule has 9 heteroatoms. The standard InChI is InChI=1S/C13H19FN2O4S2/c1-11-10-12(4-5-13(11)14)22(19,20)15-6-9-21(17,18)16-7-2-3-8-16/h4-5,10,15H,2-3,6-9H2,1H3. The molecule has 6 nitrogen and oxygen atoms in total. The molecule has 1 heterocycles. The highest BCUT2D eigenvalue weighted by Gasteiger charge is 2.25. The number of benzene rings is 1. The molecule has 0 aromatic heterocycles. The fourth-order valence-corrected chi connectivity index (χ4v) is 4.95. The van der Waals surface area contributed by atoms with Gasteiger partial charge < -0.3 is 0 Å². The maximum Gasteiger partial charge on any atom is 0.240 e. The van der Waals surface area contributed by atoms with Gasteiger partial charge in [-0.25, -0.2) is 30.3 Å². The van der Waals surface area contributed by atoms with Crippen molar-refractivity contribution in [1.29, 1.82) is 0 Å². The van der Waals surface area contributed by atoms with Gasteiger partial charge in [-0.3, -0.25) is 0 Å². The van der Waals surface area contributed by atoms with Crippen molar-refractivity contribution in [2.24, 2.45) is 0 Å². The Balaban J connectivity index is 1.99. The van der Waals surface area contributed by atoms with Crippen LogP contribution in [0.15, 0.2) is 23.1 Å². The van der Waals surface area contributed by atoms with E-state index in [1.54, 1.807) is 0 Å². The number of nitrogens with zero attached hydrogens (tertiary/aromatic N) is 1. The van der Waals surface area contributed by atoms with Gasteiger partial charge in [0, 0.05) is 19.6 Å². The summed E-state index contributed by atoms with van der Waals surface area (Å²) < 4.78 is 64.9. The zero-order valence-electron chi connectivity index (χ0n) is 12.2. The van der Waals surface area contributed by atoms with Crippen molar-refractivity contribution in [2.45, 2.75) is 24.7 Å². The molecule has 1 aliphatic rings. The third kappa shape index (κ3) is 4.03. The fourth-order valence-electron chi connectivity index (χ4n) is 2.27. The van der Waals surface area contributed by atoms with Crippen LogP contribution in [0.1, 0.15) is 18.4 Å². The number of hydrogen-bond donors (Lipinski definition) is 1. The quantitative estimate of drug-likeness (QED) is 0.824. The molecule has 1 fully saturated rings. The van der Waals surface area contributed by atoms with Gasteiger partial charge >= 0.3 is 0 Å². The van der Waals surface area contributed by atoms with Gasteiger partial charge in [0.25, 0.3) is 0 Å². The lowest BCUT2D eigenvalue weighted by atomic mass is 10.2. The summed E-state index contributed by atoms with van der Waals surface area (Å²) in [4.78, 5) is -0.0787. The van der Waals surface area contributed by atoms with E-state index < -0.39 is 25.9 Å². The Hall–Kier alpha value is -1.03. The Bertz CT molecular complexity index is 741. The number of aryl methyl sites for hydroxylation is 1. The number of sulfonamides is 2. The Morgan fingerprint density at radius 3 is 2.41 bits per heavy atom. The smallest absolute Gasteiger partial charge is 0.212 e. The Morgan fingerprint density at radius 2 is 1.82 bits per heavy atom. The molecule has 2 rings (SSSR count). The van der Waals surface area contributed by atoms with Gasteiger partial charge in [0.15, 0.2) is 0 Å². The Labute approximate surface area is 130 Å². The normalized spacial score (nSPS) is 17.0. The van der Waals surface area contributed by atoms with E-state index in [0.29, 0.717) is 13.1 Å². The van der Waals surface area contributed by atoms with Crippen LogP contribution < -0.4 is 4.72 Å². The van der Waals surface area contributed by atoms with Gasteiger partial charge in [-0.15, -0.1) is 0 Å². The summed E-state index contributed by atoms with van der Waals surface area (Å²) in [5.74, 6) is -0.776. The van der Waals surface area contributed by atoms with E-state index in [-0.39, 0.29) is 22.8 Å². The summed E-state index contributed by atoms with van der Waals surface area (Å²) in [6.45, 7) is 2.24. The highest BCUT2D eigenvalue weighted by molar-refractivity contribution is 7.90. The second-order valence-electron chi connectivity index (χ2n) is 5.23. The summed E-state index contributed by atoms with van der Waals surface area (Å²) in [5.41, 5.74) is 0.215. The molecule has 0 bridgehead atoms. The van der Waals surface area contributed by atoms with E-state index >= 15 is 0 Å². The largest absolute Gasteiger partial charge is 0.240 e. The minimum atomic E-state index is -3.85. The predicted molar refractivity (Wildman–Crippen MR) is 80.9 cm³/mol. The molecule has 0 radical (unpaired) electrons. The second kappa shape index (κ2) is 6.61. The molecule has 0 unspecified atom stereocenters. The Morgan fingerprint density at radius 1 is 1.18 bits per heavy atom. The fraction of sp³-hybridized carbons (Fsp3) is 0.538.